The third-order valence-electron chi connectivity index (χ3n) is 6.04. The minimum absolute atomic E-state index is 0.0144. The van der Waals surface area contributed by atoms with Gasteiger partial charge in [0.2, 0.25) is 5.75 Å². The normalized spacial score (nSPS) is 16.9. The van der Waals surface area contributed by atoms with Crippen molar-refractivity contribution in [3.05, 3.63) is 53.1 Å². The number of methoxy groups -OCH3 is 3. The van der Waals surface area contributed by atoms with Crippen LogP contribution in [-0.2, 0) is 14.3 Å². The van der Waals surface area contributed by atoms with Crippen LogP contribution in [0.5, 0.6) is 23.0 Å². The van der Waals surface area contributed by atoms with E-state index in [1.54, 1.807) is 36.4 Å². The van der Waals surface area contributed by atoms with E-state index in [4.69, 9.17) is 23.7 Å². The third-order valence-corrected chi connectivity index (χ3v) is 6.04. The van der Waals surface area contributed by atoms with Crippen molar-refractivity contribution in [2.24, 2.45) is 0 Å². The van der Waals surface area contributed by atoms with E-state index in [-0.39, 0.29) is 30.1 Å². The predicted molar refractivity (Wildman–Crippen MR) is 143 cm³/mol. The first-order chi connectivity index (χ1) is 18.1. The van der Waals surface area contributed by atoms with Gasteiger partial charge in [-0.1, -0.05) is 0 Å². The molecule has 1 unspecified atom stereocenters. The van der Waals surface area contributed by atoms with E-state index < -0.39 is 17.7 Å². The molecule has 0 saturated carbocycles. The van der Waals surface area contributed by atoms with Gasteiger partial charge < -0.3 is 33.7 Å². The van der Waals surface area contributed by atoms with Gasteiger partial charge in [0.15, 0.2) is 11.5 Å². The topological polar surface area (TPSA) is 104 Å². The number of aliphatic hydroxyl groups excluding tert-OH is 1. The summed E-state index contributed by atoms with van der Waals surface area (Å²) in [6.07, 6.45) is 0.534. The minimum Gasteiger partial charge on any atom is -0.507 e. The maximum atomic E-state index is 13.3. The zero-order chi connectivity index (χ0) is 28.0. The molecule has 1 heterocycles. The van der Waals surface area contributed by atoms with Crippen LogP contribution in [-0.4, -0.2) is 68.4 Å². The molecule has 0 bridgehead atoms. The van der Waals surface area contributed by atoms with Crippen molar-refractivity contribution in [3.8, 4) is 23.0 Å². The molecule has 206 valence electrons. The standard InChI is InChI=1S/C29H37NO8/c1-17(2)37-14-8-13-30-25(20-15-22(34-5)28(36-7)23(16-20)35-6)24(27(32)29(30)33)26(31)19-9-11-21(12-10-19)38-18(3)4/h9-12,15-18,25,31H,8,13-14H2,1-7H3/b26-24+. The Morgan fingerprint density at radius 2 is 1.53 bits per heavy atom. The number of aliphatic hydroxyl groups is 1. The Labute approximate surface area is 223 Å². The number of ketones is 1. The van der Waals surface area contributed by atoms with Crippen LogP contribution in [0.15, 0.2) is 42.0 Å². The van der Waals surface area contributed by atoms with Gasteiger partial charge in [0.1, 0.15) is 11.5 Å². The molecule has 0 radical (unpaired) electrons. The molecule has 3 rings (SSSR count). The number of benzene rings is 2. The summed E-state index contributed by atoms with van der Waals surface area (Å²) in [6.45, 7) is 8.35. The average molecular weight is 528 g/mol. The smallest absolute Gasteiger partial charge is 0.295 e. The Morgan fingerprint density at radius 3 is 2.03 bits per heavy atom. The van der Waals surface area contributed by atoms with Gasteiger partial charge in [-0.3, -0.25) is 9.59 Å². The molecule has 38 heavy (non-hydrogen) atoms. The third kappa shape index (κ3) is 6.22. The van der Waals surface area contributed by atoms with Gasteiger partial charge in [-0.15, -0.1) is 0 Å². The number of likely N-dealkylation sites (tertiary alicyclic amines) is 1. The van der Waals surface area contributed by atoms with Gasteiger partial charge in [0.05, 0.1) is 45.2 Å². The molecule has 1 aliphatic heterocycles. The highest BCUT2D eigenvalue weighted by Crippen LogP contribution is 2.45. The second-order valence-electron chi connectivity index (χ2n) is 9.42. The summed E-state index contributed by atoms with van der Waals surface area (Å²) < 4.78 is 27.8. The number of hydrogen-bond acceptors (Lipinski definition) is 8. The van der Waals surface area contributed by atoms with Crippen molar-refractivity contribution in [2.45, 2.75) is 52.4 Å². The monoisotopic (exact) mass is 527 g/mol. The highest BCUT2D eigenvalue weighted by Gasteiger charge is 2.46. The minimum atomic E-state index is -0.880. The number of nitrogens with zero attached hydrogens (tertiary/aromatic N) is 1. The molecule has 2 aromatic rings. The highest BCUT2D eigenvalue weighted by molar-refractivity contribution is 6.46. The Kier molecular flexibility index (Phi) is 9.63. The van der Waals surface area contributed by atoms with Gasteiger partial charge in [0, 0.05) is 18.7 Å². The Morgan fingerprint density at radius 1 is 0.921 bits per heavy atom. The van der Waals surface area contributed by atoms with Crippen LogP contribution in [0, 0.1) is 0 Å². The Hall–Kier alpha value is -3.72. The second kappa shape index (κ2) is 12.7. The molecule has 0 aromatic heterocycles. The zero-order valence-corrected chi connectivity index (χ0v) is 23.1. The molecule has 1 amide bonds. The maximum absolute atomic E-state index is 13.3. The van der Waals surface area contributed by atoms with Crippen LogP contribution >= 0.6 is 0 Å². The van der Waals surface area contributed by atoms with Crippen LogP contribution in [0.1, 0.15) is 51.3 Å². The van der Waals surface area contributed by atoms with E-state index in [0.29, 0.717) is 47.2 Å². The van der Waals surface area contributed by atoms with Gasteiger partial charge >= 0.3 is 0 Å². The molecule has 2 aromatic carbocycles. The molecule has 0 spiro atoms. The lowest BCUT2D eigenvalue weighted by molar-refractivity contribution is -0.140. The van der Waals surface area contributed by atoms with E-state index in [0.717, 1.165) is 0 Å². The van der Waals surface area contributed by atoms with Crippen LogP contribution in [0.4, 0.5) is 0 Å². The zero-order valence-electron chi connectivity index (χ0n) is 23.1. The van der Waals surface area contributed by atoms with Gasteiger partial charge in [-0.05, 0) is 76.1 Å². The van der Waals surface area contributed by atoms with Crippen molar-refractivity contribution < 1.29 is 38.4 Å². The molecular formula is C29H37NO8. The van der Waals surface area contributed by atoms with E-state index in [2.05, 4.69) is 0 Å². The van der Waals surface area contributed by atoms with Gasteiger partial charge in [-0.25, -0.2) is 0 Å². The van der Waals surface area contributed by atoms with Crippen molar-refractivity contribution in [2.75, 3.05) is 34.5 Å². The fourth-order valence-electron chi connectivity index (χ4n) is 4.39. The van der Waals surface area contributed by atoms with Crippen LogP contribution in [0.3, 0.4) is 0 Å². The van der Waals surface area contributed by atoms with E-state index >= 15 is 0 Å². The molecule has 1 N–H and O–H groups in total. The fraction of sp³-hybridized carbons (Fsp3) is 0.448. The molecule has 1 aliphatic rings. The Bertz CT molecular complexity index is 1140. The van der Waals surface area contributed by atoms with Crippen molar-refractivity contribution in [1.29, 1.82) is 0 Å². The molecule has 1 fully saturated rings. The summed E-state index contributed by atoms with van der Waals surface area (Å²) in [6, 6.07) is 9.22. The van der Waals surface area contributed by atoms with Crippen molar-refractivity contribution in [1.82, 2.24) is 4.90 Å². The lowest BCUT2D eigenvalue weighted by Gasteiger charge is -2.26. The summed E-state index contributed by atoms with van der Waals surface area (Å²) in [5.74, 6) is -0.0103. The van der Waals surface area contributed by atoms with Crippen molar-refractivity contribution in [3.63, 3.8) is 0 Å². The highest BCUT2D eigenvalue weighted by atomic mass is 16.5. The average Bonchev–Trinajstić information content (AvgIpc) is 3.14. The SMILES string of the molecule is COc1cc(C2/C(=C(\O)c3ccc(OC(C)C)cc3)C(=O)C(=O)N2CCCOC(C)C)cc(OC)c1OC. The van der Waals surface area contributed by atoms with Gasteiger partial charge in [0.25, 0.3) is 11.7 Å². The lowest BCUT2D eigenvalue weighted by atomic mass is 9.94. The maximum Gasteiger partial charge on any atom is 0.295 e. The molecule has 9 heteroatoms. The number of amides is 1. The quantitative estimate of drug-likeness (QED) is 0.183. The fourth-order valence-corrected chi connectivity index (χ4v) is 4.39. The van der Waals surface area contributed by atoms with Gasteiger partial charge in [-0.2, -0.15) is 0 Å². The second-order valence-corrected chi connectivity index (χ2v) is 9.42. The molecular weight excluding hydrogens is 490 g/mol. The number of Topliss-reactive ketones (excluding diaryl/α,β-unsaturated/α-hetero) is 1. The number of ether oxygens (including phenoxy) is 5. The first kappa shape index (κ1) is 28.8. The molecule has 9 nitrogen and oxygen atoms in total. The number of carbonyl (C=O) groups excluding carboxylic acids is 2. The van der Waals surface area contributed by atoms with E-state index in [1.807, 2.05) is 27.7 Å². The summed E-state index contributed by atoms with van der Waals surface area (Å²) in [5, 5.41) is 11.4. The van der Waals surface area contributed by atoms with Crippen LogP contribution in [0.2, 0.25) is 0 Å². The molecule has 1 saturated heterocycles. The molecule has 0 aliphatic carbocycles. The van der Waals surface area contributed by atoms with E-state index in [9.17, 15) is 14.7 Å². The number of rotatable bonds is 12. The number of carbonyl (C=O) groups is 2. The largest absolute Gasteiger partial charge is 0.507 e. The van der Waals surface area contributed by atoms with Crippen LogP contribution in [0.25, 0.3) is 5.76 Å². The summed E-state index contributed by atoms with van der Waals surface area (Å²) in [5.41, 5.74) is 0.899. The summed E-state index contributed by atoms with van der Waals surface area (Å²) in [4.78, 5) is 28.1. The lowest BCUT2D eigenvalue weighted by Crippen LogP contribution is -2.31. The first-order valence-electron chi connectivity index (χ1n) is 12.6. The predicted octanol–water partition coefficient (Wildman–Crippen LogP) is 4.74. The molecule has 1 atom stereocenters. The summed E-state index contributed by atoms with van der Waals surface area (Å²) in [7, 11) is 4.47. The van der Waals surface area contributed by atoms with Crippen LogP contribution < -0.4 is 18.9 Å². The summed E-state index contributed by atoms with van der Waals surface area (Å²) >= 11 is 0. The van der Waals surface area contributed by atoms with E-state index in [1.165, 1.54) is 26.2 Å². The first-order valence-corrected chi connectivity index (χ1v) is 12.6. The van der Waals surface area contributed by atoms with Crippen molar-refractivity contribution >= 4 is 17.4 Å². The number of hydrogen-bond donors (Lipinski definition) is 1. The Balaban J connectivity index is 2.13.